The molecule has 1 aromatic rings. The van der Waals surface area contributed by atoms with Gasteiger partial charge in [0.15, 0.2) is 0 Å². The van der Waals surface area contributed by atoms with Crippen molar-refractivity contribution in [2.75, 3.05) is 19.0 Å². The van der Waals surface area contributed by atoms with Gasteiger partial charge in [-0.3, -0.25) is 10.1 Å². The van der Waals surface area contributed by atoms with E-state index in [1.807, 2.05) is 0 Å². The van der Waals surface area contributed by atoms with Gasteiger partial charge in [0, 0.05) is 17.5 Å². The zero-order valence-corrected chi connectivity index (χ0v) is 11.8. The van der Waals surface area contributed by atoms with Gasteiger partial charge >= 0.3 is 5.69 Å². The minimum Gasteiger partial charge on any atom is -0.497 e. The molecule has 6 heteroatoms. The van der Waals surface area contributed by atoms with E-state index in [1.165, 1.54) is 13.2 Å². The molecule has 5 nitrogen and oxygen atoms in total. The molecule has 0 fully saturated rings. The maximum atomic E-state index is 10.8. The Morgan fingerprint density at radius 2 is 2.11 bits per heavy atom. The quantitative estimate of drug-likeness (QED) is 0.318. The second-order valence-electron chi connectivity index (χ2n) is 3.69. The molecule has 0 heterocycles. The van der Waals surface area contributed by atoms with Crippen molar-refractivity contribution in [3.05, 3.63) is 28.3 Å². The lowest BCUT2D eigenvalue weighted by molar-refractivity contribution is -0.385. The Labute approximate surface area is 114 Å². The third kappa shape index (κ3) is 4.52. The lowest BCUT2D eigenvalue weighted by Gasteiger charge is -2.08. The number of hydrogen-bond donors (Lipinski definition) is 0. The van der Waals surface area contributed by atoms with E-state index in [0.717, 1.165) is 24.6 Å². The van der Waals surface area contributed by atoms with Gasteiger partial charge in [-0.1, -0.05) is 15.9 Å². The van der Waals surface area contributed by atoms with Crippen LogP contribution in [0.25, 0.3) is 0 Å². The monoisotopic (exact) mass is 317 g/mol. The molecule has 0 spiro atoms. The van der Waals surface area contributed by atoms with Crippen LogP contribution in [0, 0.1) is 10.1 Å². The van der Waals surface area contributed by atoms with Gasteiger partial charge in [-0.15, -0.1) is 0 Å². The average Bonchev–Trinajstić information content (AvgIpc) is 2.38. The first-order chi connectivity index (χ1) is 8.69. The van der Waals surface area contributed by atoms with Gasteiger partial charge in [0.1, 0.15) is 5.75 Å². The molecule has 0 bridgehead atoms. The van der Waals surface area contributed by atoms with Crippen molar-refractivity contribution in [3.63, 3.8) is 0 Å². The standard InChI is InChI=1S/C12H16BrNO4/c1-17-10-5-6-11(14(15)16)12(9-10)18-8-4-2-3-7-13/h5-6,9H,2-4,7-8H2,1H3. The van der Waals surface area contributed by atoms with E-state index in [-0.39, 0.29) is 11.4 Å². The highest BCUT2D eigenvalue weighted by molar-refractivity contribution is 9.09. The molecule has 0 aliphatic heterocycles. The second-order valence-corrected chi connectivity index (χ2v) is 4.48. The molecule has 0 aliphatic carbocycles. The van der Waals surface area contributed by atoms with Crippen molar-refractivity contribution in [1.29, 1.82) is 0 Å². The molecule has 0 unspecified atom stereocenters. The van der Waals surface area contributed by atoms with Crippen molar-refractivity contribution >= 4 is 21.6 Å². The number of nitro groups is 1. The lowest BCUT2D eigenvalue weighted by Crippen LogP contribution is -2.01. The third-order valence-electron chi connectivity index (χ3n) is 2.40. The van der Waals surface area contributed by atoms with Gasteiger partial charge in [-0.2, -0.15) is 0 Å². The SMILES string of the molecule is COc1ccc([N+](=O)[O-])c(OCCCCCBr)c1. The summed E-state index contributed by atoms with van der Waals surface area (Å²) in [5.74, 6) is 0.814. The molecule has 100 valence electrons. The van der Waals surface area contributed by atoms with Gasteiger partial charge < -0.3 is 9.47 Å². The summed E-state index contributed by atoms with van der Waals surface area (Å²) in [5, 5.41) is 11.8. The zero-order chi connectivity index (χ0) is 13.4. The second kappa shape index (κ2) is 7.92. The fourth-order valence-electron chi connectivity index (χ4n) is 1.44. The van der Waals surface area contributed by atoms with E-state index in [2.05, 4.69) is 15.9 Å². The fourth-order valence-corrected chi connectivity index (χ4v) is 1.84. The van der Waals surface area contributed by atoms with Crippen LogP contribution < -0.4 is 9.47 Å². The molecular formula is C12H16BrNO4. The number of methoxy groups -OCH3 is 1. The van der Waals surface area contributed by atoms with Gasteiger partial charge in [-0.05, 0) is 25.3 Å². The van der Waals surface area contributed by atoms with Crippen LogP contribution in [0.2, 0.25) is 0 Å². The molecule has 0 atom stereocenters. The summed E-state index contributed by atoms with van der Waals surface area (Å²) in [6.07, 6.45) is 2.98. The molecule has 18 heavy (non-hydrogen) atoms. The number of hydrogen-bond acceptors (Lipinski definition) is 4. The number of rotatable bonds is 8. The predicted molar refractivity (Wildman–Crippen MR) is 72.8 cm³/mol. The highest BCUT2D eigenvalue weighted by Crippen LogP contribution is 2.31. The Bertz CT molecular complexity index is 398. The van der Waals surface area contributed by atoms with E-state index >= 15 is 0 Å². The molecular weight excluding hydrogens is 302 g/mol. The Kier molecular flexibility index (Phi) is 6.49. The topological polar surface area (TPSA) is 61.6 Å². The van der Waals surface area contributed by atoms with Crippen LogP contribution in [-0.2, 0) is 0 Å². The van der Waals surface area contributed by atoms with E-state index in [0.29, 0.717) is 12.4 Å². The lowest BCUT2D eigenvalue weighted by atomic mass is 10.2. The van der Waals surface area contributed by atoms with E-state index < -0.39 is 4.92 Å². The first kappa shape index (κ1) is 14.8. The Balaban J connectivity index is 2.63. The normalized spacial score (nSPS) is 10.1. The molecule has 0 N–H and O–H groups in total. The summed E-state index contributed by atoms with van der Waals surface area (Å²) in [5.41, 5.74) is -0.0312. The van der Waals surface area contributed by atoms with Crippen molar-refractivity contribution in [2.24, 2.45) is 0 Å². The number of alkyl halides is 1. The summed E-state index contributed by atoms with van der Waals surface area (Å²) in [4.78, 5) is 10.4. The Morgan fingerprint density at radius 1 is 1.33 bits per heavy atom. The van der Waals surface area contributed by atoms with Crippen molar-refractivity contribution < 1.29 is 14.4 Å². The molecule has 0 aromatic heterocycles. The number of benzene rings is 1. The van der Waals surface area contributed by atoms with Crippen LogP contribution in [0.5, 0.6) is 11.5 Å². The number of halogens is 1. The Hall–Kier alpha value is -1.30. The van der Waals surface area contributed by atoms with Gasteiger partial charge in [0.25, 0.3) is 0 Å². The van der Waals surface area contributed by atoms with E-state index in [1.54, 1.807) is 12.1 Å². The van der Waals surface area contributed by atoms with Crippen LogP contribution in [0.3, 0.4) is 0 Å². The maximum Gasteiger partial charge on any atom is 0.311 e. The van der Waals surface area contributed by atoms with Gasteiger partial charge in [0.05, 0.1) is 18.6 Å². The molecule has 0 aliphatic rings. The zero-order valence-electron chi connectivity index (χ0n) is 10.2. The predicted octanol–water partition coefficient (Wildman–Crippen LogP) is 3.55. The third-order valence-corrected chi connectivity index (χ3v) is 2.96. The van der Waals surface area contributed by atoms with Crippen molar-refractivity contribution in [3.8, 4) is 11.5 Å². The molecule has 1 aromatic carbocycles. The van der Waals surface area contributed by atoms with Crippen LogP contribution in [-0.4, -0.2) is 24.0 Å². The summed E-state index contributed by atoms with van der Waals surface area (Å²) in [6.45, 7) is 0.473. The van der Waals surface area contributed by atoms with Gasteiger partial charge in [0.2, 0.25) is 5.75 Å². The molecule has 0 saturated heterocycles. The summed E-state index contributed by atoms with van der Waals surface area (Å²) >= 11 is 3.35. The highest BCUT2D eigenvalue weighted by atomic mass is 79.9. The first-order valence-electron chi connectivity index (χ1n) is 5.70. The van der Waals surface area contributed by atoms with Crippen LogP contribution in [0.1, 0.15) is 19.3 Å². The average molecular weight is 318 g/mol. The maximum absolute atomic E-state index is 10.8. The van der Waals surface area contributed by atoms with Crippen LogP contribution in [0.15, 0.2) is 18.2 Å². The fraction of sp³-hybridized carbons (Fsp3) is 0.500. The van der Waals surface area contributed by atoms with E-state index in [9.17, 15) is 10.1 Å². The Morgan fingerprint density at radius 3 is 2.72 bits per heavy atom. The van der Waals surface area contributed by atoms with Crippen LogP contribution in [0.4, 0.5) is 5.69 Å². The largest absolute Gasteiger partial charge is 0.497 e. The summed E-state index contributed by atoms with van der Waals surface area (Å²) in [6, 6.07) is 4.49. The smallest absolute Gasteiger partial charge is 0.311 e. The summed E-state index contributed by atoms with van der Waals surface area (Å²) < 4.78 is 10.5. The molecule has 1 rings (SSSR count). The number of nitro benzene ring substituents is 1. The number of unbranched alkanes of at least 4 members (excludes halogenated alkanes) is 2. The first-order valence-corrected chi connectivity index (χ1v) is 6.82. The number of nitrogens with zero attached hydrogens (tertiary/aromatic N) is 1. The molecule has 0 amide bonds. The molecule has 0 saturated carbocycles. The molecule has 0 radical (unpaired) electrons. The van der Waals surface area contributed by atoms with E-state index in [4.69, 9.17) is 9.47 Å². The van der Waals surface area contributed by atoms with Crippen molar-refractivity contribution in [2.45, 2.75) is 19.3 Å². The minimum absolute atomic E-state index is 0.0312. The summed E-state index contributed by atoms with van der Waals surface area (Å²) in [7, 11) is 1.51. The van der Waals surface area contributed by atoms with Crippen molar-refractivity contribution in [1.82, 2.24) is 0 Å². The highest BCUT2D eigenvalue weighted by Gasteiger charge is 2.15. The van der Waals surface area contributed by atoms with Gasteiger partial charge in [-0.25, -0.2) is 0 Å². The van der Waals surface area contributed by atoms with Crippen LogP contribution >= 0.6 is 15.9 Å². The number of ether oxygens (including phenoxy) is 2. The minimum atomic E-state index is -0.451.